The van der Waals surface area contributed by atoms with Crippen LogP contribution in [0.1, 0.15) is 54.1 Å². The number of benzene rings is 2. The molecule has 2 aromatic carbocycles. The first-order chi connectivity index (χ1) is 15.8. The van der Waals surface area contributed by atoms with E-state index in [9.17, 15) is 9.59 Å². The number of thioether (sulfide) groups is 1. The molecule has 1 fully saturated rings. The third-order valence-electron chi connectivity index (χ3n) is 5.76. The van der Waals surface area contributed by atoms with Gasteiger partial charge in [-0.2, -0.15) is 0 Å². The highest BCUT2D eigenvalue weighted by Crippen LogP contribution is 2.42. The number of amides is 2. The van der Waals surface area contributed by atoms with Crippen LogP contribution in [0.4, 0.5) is 0 Å². The predicted molar refractivity (Wildman–Crippen MR) is 133 cm³/mol. The Morgan fingerprint density at radius 1 is 1.06 bits per heavy atom. The van der Waals surface area contributed by atoms with Crippen LogP contribution in [0, 0.1) is 0 Å². The van der Waals surface area contributed by atoms with Gasteiger partial charge in [-0.15, -0.1) is 11.8 Å². The zero-order valence-electron chi connectivity index (χ0n) is 20.1. The largest absolute Gasteiger partial charge is 0.497 e. The van der Waals surface area contributed by atoms with Crippen LogP contribution in [-0.4, -0.2) is 55.9 Å². The monoisotopic (exact) mass is 470 g/mol. The lowest BCUT2D eigenvalue weighted by Crippen LogP contribution is -2.48. The molecule has 0 aromatic heterocycles. The van der Waals surface area contributed by atoms with Crippen molar-refractivity contribution in [2.45, 2.75) is 44.0 Å². The molecule has 0 saturated carbocycles. The lowest BCUT2D eigenvalue weighted by molar-refractivity contribution is -0.124. The second-order valence-corrected chi connectivity index (χ2v) is 10.3. The van der Waals surface area contributed by atoms with Crippen LogP contribution < -0.4 is 10.1 Å². The fourth-order valence-corrected chi connectivity index (χ4v) is 5.22. The molecule has 2 unspecified atom stereocenters. The van der Waals surface area contributed by atoms with E-state index in [1.807, 2.05) is 0 Å². The van der Waals surface area contributed by atoms with Gasteiger partial charge >= 0.3 is 0 Å². The first-order valence-electron chi connectivity index (χ1n) is 11.2. The van der Waals surface area contributed by atoms with Gasteiger partial charge in [-0.3, -0.25) is 9.59 Å². The van der Waals surface area contributed by atoms with Gasteiger partial charge in [0.2, 0.25) is 5.91 Å². The Morgan fingerprint density at radius 2 is 1.73 bits per heavy atom. The normalized spacial score (nSPS) is 18.3. The van der Waals surface area contributed by atoms with Crippen LogP contribution in [0.15, 0.2) is 48.5 Å². The topological polar surface area (TPSA) is 67.9 Å². The molecule has 1 aliphatic rings. The summed E-state index contributed by atoms with van der Waals surface area (Å²) in [5.74, 6) is 0.937. The minimum absolute atomic E-state index is 0.0462. The van der Waals surface area contributed by atoms with Crippen molar-refractivity contribution in [3.63, 3.8) is 0 Å². The lowest BCUT2D eigenvalue weighted by atomic mass is 9.86. The van der Waals surface area contributed by atoms with E-state index >= 15 is 0 Å². The van der Waals surface area contributed by atoms with Crippen molar-refractivity contribution >= 4 is 23.6 Å². The van der Waals surface area contributed by atoms with Gasteiger partial charge in [-0.25, -0.2) is 0 Å². The van der Waals surface area contributed by atoms with Gasteiger partial charge in [0.15, 0.2) is 0 Å². The fraction of sp³-hybridized carbons (Fsp3) is 0.462. The highest BCUT2D eigenvalue weighted by atomic mass is 32.2. The number of nitrogens with zero attached hydrogens (tertiary/aromatic N) is 1. The SMILES string of the molecule is COCCCNC(=O)C1CSC(c2ccc(C(C)(C)C)cc2)N1C(=O)c1ccc(OC)cc1. The molecule has 2 aromatic rings. The molecular weight excluding hydrogens is 436 g/mol. The van der Waals surface area contributed by atoms with E-state index in [4.69, 9.17) is 9.47 Å². The molecule has 6 nitrogen and oxygen atoms in total. The zero-order valence-corrected chi connectivity index (χ0v) is 20.9. The molecule has 1 heterocycles. The molecule has 1 saturated heterocycles. The van der Waals surface area contributed by atoms with Crippen molar-refractivity contribution < 1.29 is 19.1 Å². The summed E-state index contributed by atoms with van der Waals surface area (Å²) in [6.07, 6.45) is 0.728. The average Bonchev–Trinajstić information content (AvgIpc) is 3.26. The van der Waals surface area contributed by atoms with Crippen molar-refractivity contribution in [3.8, 4) is 5.75 Å². The third-order valence-corrected chi connectivity index (χ3v) is 7.08. The Morgan fingerprint density at radius 3 is 2.30 bits per heavy atom. The van der Waals surface area contributed by atoms with E-state index in [1.165, 1.54) is 5.56 Å². The maximum Gasteiger partial charge on any atom is 0.255 e. The van der Waals surface area contributed by atoms with Crippen LogP contribution in [-0.2, 0) is 14.9 Å². The van der Waals surface area contributed by atoms with Crippen LogP contribution in [0.2, 0.25) is 0 Å². The molecule has 2 amide bonds. The van der Waals surface area contributed by atoms with E-state index in [-0.39, 0.29) is 22.6 Å². The smallest absolute Gasteiger partial charge is 0.255 e. The van der Waals surface area contributed by atoms with Gasteiger partial charge in [0, 0.05) is 31.6 Å². The predicted octanol–water partition coefficient (Wildman–Crippen LogP) is 4.40. The lowest BCUT2D eigenvalue weighted by Gasteiger charge is -2.30. The van der Waals surface area contributed by atoms with E-state index < -0.39 is 6.04 Å². The highest BCUT2D eigenvalue weighted by molar-refractivity contribution is 7.99. The van der Waals surface area contributed by atoms with Gasteiger partial charge in [0.05, 0.1) is 7.11 Å². The summed E-state index contributed by atoms with van der Waals surface area (Å²) in [7, 11) is 3.23. The molecule has 3 rings (SSSR count). The van der Waals surface area contributed by atoms with Gasteiger partial charge in [0.25, 0.3) is 5.91 Å². The second-order valence-electron chi connectivity index (χ2n) is 9.15. The summed E-state index contributed by atoms with van der Waals surface area (Å²) in [5.41, 5.74) is 2.83. The van der Waals surface area contributed by atoms with Crippen molar-refractivity contribution in [2.75, 3.05) is 33.1 Å². The summed E-state index contributed by atoms with van der Waals surface area (Å²) >= 11 is 1.62. The van der Waals surface area contributed by atoms with E-state index in [0.29, 0.717) is 30.2 Å². The van der Waals surface area contributed by atoms with Crippen molar-refractivity contribution in [3.05, 3.63) is 65.2 Å². The van der Waals surface area contributed by atoms with Gasteiger partial charge in [-0.05, 0) is 47.2 Å². The average molecular weight is 471 g/mol. The molecule has 0 bridgehead atoms. The summed E-state index contributed by atoms with van der Waals surface area (Å²) in [6, 6.07) is 14.9. The summed E-state index contributed by atoms with van der Waals surface area (Å²) in [6.45, 7) is 7.63. The van der Waals surface area contributed by atoms with Crippen molar-refractivity contribution in [1.29, 1.82) is 0 Å². The number of carbonyl (C=O) groups excluding carboxylic acids is 2. The quantitative estimate of drug-likeness (QED) is 0.579. The Hall–Kier alpha value is -2.51. The Labute approximate surface area is 201 Å². The molecular formula is C26H34N2O4S. The van der Waals surface area contributed by atoms with Crippen molar-refractivity contribution in [2.24, 2.45) is 0 Å². The molecule has 1 aliphatic heterocycles. The van der Waals surface area contributed by atoms with Gasteiger partial charge < -0.3 is 19.7 Å². The Kier molecular flexibility index (Phi) is 8.43. The number of methoxy groups -OCH3 is 2. The van der Waals surface area contributed by atoms with E-state index in [0.717, 1.165) is 12.0 Å². The first-order valence-corrected chi connectivity index (χ1v) is 12.3. The summed E-state index contributed by atoms with van der Waals surface area (Å²) in [5, 5.41) is 2.74. The number of rotatable bonds is 8. The third kappa shape index (κ3) is 6.09. The van der Waals surface area contributed by atoms with E-state index in [1.54, 1.807) is 55.1 Å². The first kappa shape index (κ1) is 25.1. The Balaban J connectivity index is 1.87. The maximum absolute atomic E-state index is 13.6. The summed E-state index contributed by atoms with van der Waals surface area (Å²) in [4.78, 5) is 28.4. The minimum atomic E-state index is -0.542. The van der Waals surface area contributed by atoms with Gasteiger partial charge in [-0.1, -0.05) is 45.0 Å². The van der Waals surface area contributed by atoms with E-state index in [2.05, 4.69) is 50.4 Å². The van der Waals surface area contributed by atoms with Crippen LogP contribution >= 0.6 is 11.8 Å². The molecule has 2 atom stereocenters. The number of hydrogen-bond donors (Lipinski definition) is 1. The van der Waals surface area contributed by atoms with Crippen LogP contribution in [0.3, 0.4) is 0 Å². The zero-order chi connectivity index (χ0) is 24.0. The molecule has 33 heavy (non-hydrogen) atoms. The minimum Gasteiger partial charge on any atom is -0.497 e. The molecule has 0 spiro atoms. The number of carbonyl (C=O) groups is 2. The number of ether oxygens (including phenoxy) is 2. The van der Waals surface area contributed by atoms with Gasteiger partial charge in [0.1, 0.15) is 17.2 Å². The summed E-state index contributed by atoms with van der Waals surface area (Å²) < 4.78 is 10.3. The van der Waals surface area contributed by atoms with Crippen LogP contribution in [0.25, 0.3) is 0 Å². The maximum atomic E-state index is 13.6. The fourth-order valence-electron chi connectivity index (χ4n) is 3.79. The molecule has 1 N–H and O–H groups in total. The highest BCUT2D eigenvalue weighted by Gasteiger charge is 2.42. The van der Waals surface area contributed by atoms with Crippen LogP contribution in [0.5, 0.6) is 5.75 Å². The molecule has 0 aliphatic carbocycles. The second kappa shape index (κ2) is 11.1. The van der Waals surface area contributed by atoms with Crippen molar-refractivity contribution in [1.82, 2.24) is 10.2 Å². The molecule has 0 radical (unpaired) electrons. The standard InChI is InChI=1S/C26H34N2O4S/c1-26(2,3)20-11-7-19(8-12-20)25-28(24(30)18-9-13-21(32-5)14-10-18)22(17-33-25)23(29)27-15-6-16-31-4/h7-14,22,25H,6,15-17H2,1-5H3,(H,27,29). The molecule has 7 heteroatoms. The molecule has 178 valence electrons. The number of hydrogen-bond acceptors (Lipinski definition) is 5. The Bertz CT molecular complexity index is 938. The number of nitrogens with one attached hydrogen (secondary N) is 1.